The maximum atomic E-state index is 6.44. The molecule has 0 saturated heterocycles. The molecule has 0 radical (unpaired) electrons. The molecule has 4 aromatic rings. The lowest BCUT2D eigenvalue weighted by Crippen LogP contribution is -2.00. The Kier molecular flexibility index (Phi) is 3.39. The molecule has 1 aromatic carbocycles. The molecule has 1 fully saturated rings. The van der Waals surface area contributed by atoms with Crippen molar-refractivity contribution in [3.8, 4) is 22.6 Å². The summed E-state index contributed by atoms with van der Waals surface area (Å²) in [7, 11) is 0. The number of fused-ring (bicyclic) bond motifs is 1. The molecule has 0 spiro atoms. The Morgan fingerprint density at radius 3 is 2.85 bits per heavy atom. The number of aromatic nitrogens is 5. The van der Waals surface area contributed by atoms with Gasteiger partial charge in [-0.1, -0.05) is 17.7 Å². The molecule has 6 nitrogen and oxygen atoms in total. The van der Waals surface area contributed by atoms with Crippen molar-refractivity contribution < 1.29 is 0 Å². The first-order valence-corrected chi connectivity index (χ1v) is 8.79. The summed E-state index contributed by atoms with van der Waals surface area (Å²) in [6.07, 6.45) is 7.61. The van der Waals surface area contributed by atoms with Crippen molar-refractivity contribution in [2.24, 2.45) is 0 Å². The SMILES string of the molecule is Nc1cnc(-c2cc(Cl)c3ncccc3c2)c(-c2ccn(C3CC3)n2)n1. The molecule has 5 rings (SSSR count). The summed E-state index contributed by atoms with van der Waals surface area (Å²) < 4.78 is 1.99. The summed E-state index contributed by atoms with van der Waals surface area (Å²) in [5.74, 6) is 0.360. The molecule has 2 N–H and O–H groups in total. The zero-order valence-electron chi connectivity index (χ0n) is 13.8. The number of nitrogens with zero attached hydrogens (tertiary/aromatic N) is 5. The van der Waals surface area contributed by atoms with Crippen molar-refractivity contribution >= 4 is 28.3 Å². The second kappa shape index (κ2) is 5.78. The molecule has 1 saturated carbocycles. The largest absolute Gasteiger partial charge is 0.382 e. The van der Waals surface area contributed by atoms with Crippen LogP contribution in [0.25, 0.3) is 33.5 Å². The van der Waals surface area contributed by atoms with Gasteiger partial charge in [0.05, 0.1) is 28.5 Å². The van der Waals surface area contributed by atoms with Crippen LogP contribution in [0.3, 0.4) is 0 Å². The van der Waals surface area contributed by atoms with Crippen LogP contribution in [0.1, 0.15) is 18.9 Å². The first-order valence-electron chi connectivity index (χ1n) is 8.42. The number of hydrogen-bond acceptors (Lipinski definition) is 5. The van der Waals surface area contributed by atoms with Gasteiger partial charge in [-0.2, -0.15) is 5.10 Å². The topological polar surface area (TPSA) is 82.5 Å². The lowest BCUT2D eigenvalue weighted by molar-refractivity contribution is 0.643. The summed E-state index contributed by atoms with van der Waals surface area (Å²) in [5.41, 5.74) is 9.64. The summed E-state index contributed by atoms with van der Waals surface area (Å²) in [6.45, 7) is 0. The minimum atomic E-state index is 0.360. The third kappa shape index (κ3) is 2.59. The van der Waals surface area contributed by atoms with Gasteiger partial charge in [0.1, 0.15) is 17.2 Å². The lowest BCUT2D eigenvalue weighted by Gasteiger charge is -2.09. The molecule has 0 aliphatic heterocycles. The average molecular weight is 363 g/mol. The van der Waals surface area contributed by atoms with Gasteiger partial charge in [0.15, 0.2) is 0 Å². The van der Waals surface area contributed by atoms with Crippen molar-refractivity contribution in [1.29, 1.82) is 0 Å². The van der Waals surface area contributed by atoms with Crippen LogP contribution in [0.4, 0.5) is 5.82 Å². The molecule has 0 atom stereocenters. The zero-order valence-corrected chi connectivity index (χ0v) is 14.6. The number of anilines is 1. The monoisotopic (exact) mass is 362 g/mol. The molecular formula is C19H15ClN6. The first kappa shape index (κ1) is 15.3. The van der Waals surface area contributed by atoms with Gasteiger partial charge in [-0.25, -0.2) is 4.98 Å². The van der Waals surface area contributed by atoms with E-state index in [0.29, 0.717) is 28.3 Å². The van der Waals surface area contributed by atoms with E-state index < -0.39 is 0 Å². The quantitative estimate of drug-likeness (QED) is 0.592. The highest BCUT2D eigenvalue weighted by Gasteiger charge is 2.25. The maximum Gasteiger partial charge on any atom is 0.142 e. The van der Waals surface area contributed by atoms with E-state index in [1.165, 1.54) is 12.8 Å². The summed E-state index contributed by atoms with van der Waals surface area (Å²) in [4.78, 5) is 13.4. The minimum absolute atomic E-state index is 0.360. The molecule has 3 heterocycles. The standard InChI is InChI=1S/C19H15ClN6/c20-14-9-12(8-11-2-1-6-22-17(11)14)18-19(24-16(21)10-23-18)15-5-7-26(25-15)13-3-4-13/h1-2,5-10,13H,3-4H2,(H2,21,24). The number of nitrogen functional groups attached to an aromatic ring is 1. The summed E-state index contributed by atoms with van der Waals surface area (Å²) in [5, 5.41) is 6.19. The van der Waals surface area contributed by atoms with Gasteiger partial charge >= 0.3 is 0 Å². The molecule has 26 heavy (non-hydrogen) atoms. The Bertz CT molecular complexity index is 1130. The molecule has 128 valence electrons. The maximum absolute atomic E-state index is 6.44. The van der Waals surface area contributed by atoms with Crippen LogP contribution in [0, 0.1) is 0 Å². The van der Waals surface area contributed by atoms with Crippen LogP contribution in [-0.4, -0.2) is 24.7 Å². The number of nitrogens with two attached hydrogens (primary N) is 1. The van der Waals surface area contributed by atoms with Crippen molar-refractivity contribution in [2.75, 3.05) is 5.73 Å². The van der Waals surface area contributed by atoms with Crippen molar-refractivity contribution in [2.45, 2.75) is 18.9 Å². The van der Waals surface area contributed by atoms with Crippen LogP contribution in [0.15, 0.2) is 48.9 Å². The fourth-order valence-electron chi connectivity index (χ4n) is 3.08. The van der Waals surface area contributed by atoms with E-state index in [4.69, 9.17) is 17.3 Å². The van der Waals surface area contributed by atoms with Gasteiger partial charge in [0.2, 0.25) is 0 Å². The van der Waals surface area contributed by atoms with Crippen LogP contribution in [-0.2, 0) is 0 Å². The van der Waals surface area contributed by atoms with Crippen LogP contribution >= 0.6 is 11.6 Å². The summed E-state index contributed by atoms with van der Waals surface area (Å²) in [6, 6.07) is 10.2. The molecule has 3 aromatic heterocycles. The van der Waals surface area contributed by atoms with Crippen molar-refractivity contribution in [1.82, 2.24) is 24.7 Å². The van der Waals surface area contributed by atoms with Gasteiger partial charge in [0, 0.05) is 23.3 Å². The average Bonchev–Trinajstić information content (AvgIpc) is 3.38. The van der Waals surface area contributed by atoms with Gasteiger partial charge < -0.3 is 5.73 Å². The number of rotatable bonds is 3. The molecule has 1 aliphatic rings. The van der Waals surface area contributed by atoms with Crippen LogP contribution in [0.5, 0.6) is 0 Å². The van der Waals surface area contributed by atoms with Gasteiger partial charge in [-0.3, -0.25) is 14.6 Å². The zero-order chi connectivity index (χ0) is 17.7. The predicted octanol–water partition coefficient (Wildman–Crippen LogP) is 4.13. The molecule has 0 unspecified atom stereocenters. The van der Waals surface area contributed by atoms with Crippen LogP contribution in [0.2, 0.25) is 5.02 Å². The second-order valence-electron chi connectivity index (χ2n) is 6.44. The highest BCUT2D eigenvalue weighted by molar-refractivity contribution is 6.35. The van der Waals surface area contributed by atoms with Crippen molar-refractivity contribution in [3.05, 3.63) is 53.9 Å². The normalized spacial score (nSPS) is 14.0. The molecule has 0 amide bonds. The highest BCUT2D eigenvalue weighted by Crippen LogP contribution is 2.36. The number of pyridine rings is 1. The smallest absolute Gasteiger partial charge is 0.142 e. The number of benzene rings is 1. The third-order valence-electron chi connectivity index (χ3n) is 4.49. The van der Waals surface area contributed by atoms with E-state index in [-0.39, 0.29) is 0 Å². The minimum Gasteiger partial charge on any atom is -0.382 e. The molecule has 7 heteroatoms. The van der Waals surface area contributed by atoms with Gasteiger partial charge in [0.25, 0.3) is 0 Å². The molecule has 1 aliphatic carbocycles. The first-order chi connectivity index (χ1) is 12.7. The Hall–Kier alpha value is -2.99. The van der Waals surface area contributed by atoms with Crippen molar-refractivity contribution in [3.63, 3.8) is 0 Å². The van der Waals surface area contributed by atoms with E-state index in [1.807, 2.05) is 41.2 Å². The Labute approximate surface area is 154 Å². The Morgan fingerprint density at radius 1 is 1.12 bits per heavy atom. The van der Waals surface area contributed by atoms with Crippen LogP contribution < -0.4 is 5.73 Å². The van der Waals surface area contributed by atoms with Gasteiger partial charge in [-0.05, 0) is 37.1 Å². The molecular weight excluding hydrogens is 348 g/mol. The lowest BCUT2D eigenvalue weighted by atomic mass is 10.0. The highest BCUT2D eigenvalue weighted by atomic mass is 35.5. The number of hydrogen-bond donors (Lipinski definition) is 1. The van der Waals surface area contributed by atoms with Gasteiger partial charge in [-0.15, -0.1) is 0 Å². The van der Waals surface area contributed by atoms with E-state index in [9.17, 15) is 0 Å². The predicted molar refractivity (Wildman–Crippen MR) is 102 cm³/mol. The van der Waals surface area contributed by atoms with E-state index in [2.05, 4.69) is 20.1 Å². The van der Waals surface area contributed by atoms with E-state index in [1.54, 1.807) is 12.4 Å². The van der Waals surface area contributed by atoms with E-state index in [0.717, 1.165) is 22.2 Å². The Morgan fingerprint density at radius 2 is 2.00 bits per heavy atom. The fraction of sp³-hybridized carbons (Fsp3) is 0.158. The Balaban J connectivity index is 1.69. The molecule has 0 bridgehead atoms. The second-order valence-corrected chi connectivity index (χ2v) is 6.84. The third-order valence-corrected chi connectivity index (χ3v) is 4.78. The summed E-state index contributed by atoms with van der Waals surface area (Å²) >= 11 is 6.44. The number of halogens is 1. The fourth-order valence-corrected chi connectivity index (χ4v) is 3.36. The van der Waals surface area contributed by atoms with E-state index >= 15 is 0 Å².